The number of esters is 2. The minimum absolute atomic E-state index is 0.0291. The predicted octanol–water partition coefficient (Wildman–Crippen LogP) is 0.954. The zero-order valence-corrected chi connectivity index (χ0v) is 9.44. The van der Waals surface area contributed by atoms with Crippen LogP contribution in [0, 0.1) is 0 Å². The molecule has 4 atom stereocenters. The summed E-state index contributed by atoms with van der Waals surface area (Å²) in [6.07, 6.45) is -3.86. The van der Waals surface area contributed by atoms with Gasteiger partial charge in [-0.1, -0.05) is 0 Å². The van der Waals surface area contributed by atoms with E-state index in [0.29, 0.717) is 0 Å². The molecule has 1 rings (SSSR count). The van der Waals surface area contributed by atoms with E-state index in [1.807, 2.05) is 0 Å². The fraction of sp³-hybridized carbons (Fsp3) is 0.800. The van der Waals surface area contributed by atoms with Crippen LogP contribution in [0.5, 0.6) is 0 Å². The van der Waals surface area contributed by atoms with Crippen molar-refractivity contribution in [1.82, 2.24) is 0 Å². The second-order valence-corrected chi connectivity index (χ2v) is 3.72. The van der Waals surface area contributed by atoms with E-state index < -0.39 is 36.6 Å². The van der Waals surface area contributed by atoms with Crippen LogP contribution in [0.4, 0.5) is 4.39 Å². The molecule has 0 aromatic rings. The van der Waals surface area contributed by atoms with Crippen LogP contribution >= 0.6 is 0 Å². The lowest BCUT2D eigenvalue weighted by Crippen LogP contribution is -2.47. The van der Waals surface area contributed by atoms with Gasteiger partial charge in [-0.15, -0.1) is 0 Å². The zero-order chi connectivity index (χ0) is 12.3. The van der Waals surface area contributed by atoms with Crippen molar-refractivity contribution in [2.75, 3.05) is 0 Å². The molecule has 16 heavy (non-hydrogen) atoms. The van der Waals surface area contributed by atoms with Gasteiger partial charge in [-0.3, -0.25) is 9.59 Å². The predicted molar refractivity (Wildman–Crippen MR) is 51.2 cm³/mol. The van der Waals surface area contributed by atoms with Crippen LogP contribution in [0.2, 0.25) is 0 Å². The maximum absolute atomic E-state index is 13.5. The molecule has 1 fully saturated rings. The van der Waals surface area contributed by atoms with Crippen molar-refractivity contribution in [2.24, 2.45) is 0 Å². The van der Waals surface area contributed by atoms with Gasteiger partial charge in [0.1, 0.15) is 6.10 Å². The molecule has 1 aliphatic heterocycles. The lowest BCUT2D eigenvalue weighted by molar-refractivity contribution is -0.244. The lowest BCUT2D eigenvalue weighted by atomic mass is 10.0. The molecule has 92 valence electrons. The Bertz CT molecular complexity index is 252. The maximum atomic E-state index is 13.5. The number of carbonyl (C=O) groups is 2. The van der Waals surface area contributed by atoms with E-state index in [2.05, 4.69) is 4.74 Å². The topological polar surface area (TPSA) is 61.8 Å². The molecule has 5 nitrogen and oxygen atoms in total. The third-order valence-electron chi connectivity index (χ3n) is 2.22. The molecule has 1 heterocycles. The SMILES string of the molecule is CC(=O)OC1O[C@@H](C)[C@@H](OC(C)=O)CC1F. The van der Waals surface area contributed by atoms with Gasteiger partial charge in [0.2, 0.25) is 6.29 Å². The zero-order valence-electron chi connectivity index (χ0n) is 9.44. The van der Waals surface area contributed by atoms with Crippen molar-refractivity contribution >= 4 is 11.9 Å². The molecule has 0 aromatic heterocycles. The van der Waals surface area contributed by atoms with Crippen LogP contribution in [0.25, 0.3) is 0 Å². The van der Waals surface area contributed by atoms with E-state index in [1.165, 1.54) is 13.8 Å². The Kier molecular flexibility index (Phi) is 4.23. The Morgan fingerprint density at radius 1 is 1.25 bits per heavy atom. The minimum Gasteiger partial charge on any atom is -0.460 e. The van der Waals surface area contributed by atoms with Crippen LogP contribution in [0.1, 0.15) is 27.2 Å². The van der Waals surface area contributed by atoms with Gasteiger partial charge in [0.15, 0.2) is 6.17 Å². The Morgan fingerprint density at radius 2 is 1.81 bits per heavy atom. The molecule has 1 aliphatic rings. The van der Waals surface area contributed by atoms with Crippen LogP contribution < -0.4 is 0 Å². The largest absolute Gasteiger partial charge is 0.460 e. The molecule has 0 N–H and O–H groups in total. The summed E-state index contributed by atoms with van der Waals surface area (Å²) in [5.74, 6) is -1.09. The average molecular weight is 234 g/mol. The van der Waals surface area contributed by atoms with Gasteiger partial charge >= 0.3 is 11.9 Å². The Hall–Kier alpha value is -1.17. The molecule has 1 saturated heterocycles. The summed E-state index contributed by atoms with van der Waals surface area (Å²) in [5.41, 5.74) is 0. The number of rotatable bonds is 2. The van der Waals surface area contributed by atoms with Crippen LogP contribution in [0.3, 0.4) is 0 Å². The molecule has 0 amide bonds. The molecule has 0 radical (unpaired) electrons. The summed E-state index contributed by atoms with van der Waals surface area (Å²) in [5, 5.41) is 0. The molecule has 2 unspecified atom stereocenters. The van der Waals surface area contributed by atoms with E-state index in [9.17, 15) is 14.0 Å². The fourth-order valence-electron chi connectivity index (χ4n) is 1.53. The number of carbonyl (C=O) groups excluding carboxylic acids is 2. The summed E-state index contributed by atoms with van der Waals surface area (Å²) in [4.78, 5) is 21.4. The van der Waals surface area contributed by atoms with Gasteiger partial charge in [-0.05, 0) is 6.92 Å². The molecular weight excluding hydrogens is 219 g/mol. The molecular formula is C10H15FO5. The summed E-state index contributed by atoms with van der Waals surface area (Å²) >= 11 is 0. The molecule has 0 aliphatic carbocycles. The highest BCUT2D eigenvalue weighted by Crippen LogP contribution is 2.25. The van der Waals surface area contributed by atoms with Gasteiger partial charge in [0.05, 0.1) is 6.10 Å². The van der Waals surface area contributed by atoms with Crippen molar-refractivity contribution in [3.05, 3.63) is 0 Å². The number of halogens is 1. The molecule has 0 bridgehead atoms. The van der Waals surface area contributed by atoms with E-state index in [0.717, 1.165) is 0 Å². The second kappa shape index (κ2) is 5.25. The summed E-state index contributed by atoms with van der Waals surface area (Å²) < 4.78 is 28.1. The number of ether oxygens (including phenoxy) is 3. The van der Waals surface area contributed by atoms with Crippen LogP contribution in [0.15, 0.2) is 0 Å². The van der Waals surface area contributed by atoms with Crippen molar-refractivity contribution in [3.8, 4) is 0 Å². The van der Waals surface area contributed by atoms with Gasteiger partial charge in [0.25, 0.3) is 0 Å². The Labute approximate surface area is 92.8 Å². The minimum atomic E-state index is -1.48. The van der Waals surface area contributed by atoms with Gasteiger partial charge in [-0.25, -0.2) is 4.39 Å². The Morgan fingerprint density at radius 3 is 2.31 bits per heavy atom. The third kappa shape index (κ3) is 3.44. The van der Waals surface area contributed by atoms with Crippen molar-refractivity contribution in [1.29, 1.82) is 0 Å². The quantitative estimate of drug-likeness (QED) is 0.666. The smallest absolute Gasteiger partial charge is 0.305 e. The van der Waals surface area contributed by atoms with Crippen LogP contribution in [-0.4, -0.2) is 36.6 Å². The fourth-order valence-corrected chi connectivity index (χ4v) is 1.53. The van der Waals surface area contributed by atoms with Gasteiger partial charge in [-0.2, -0.15) is 0 Å². The summed E-state index contributed by atoms with van der Waals surface area (Å²) in [7, 11) is 0. The summed E-state index contributed by atoms with van der Waals surface area (Å²) in [6, 6.07) is 0. The van der Waals surface area contributed by atoms with E-state index in [4.69, 9.17) is 9.47 Å². The third-order valence-corrected chi connectivity index (χ3v) is 2.22. The average Bonchev–Trinajstić information content (AvgIpc) is 2.11. The molecule has 0 spiro atoms. The van der Waals surface area contributed by atoms with E-state index in [-0.39, 0.29) is 6.42 Å². The first-order valence-electron chi connectivity index (χ1n) is 5.04. The van der Waals surface area contributed by atoms with E-state index in [1.54, 1.807) is 6.92 Å². The van der Waals surface area contributed by atoms with Gasteiger partial charge < -0.3 is 14.2 Å². The molecule has 6 heteroatoms. The van der Waals surface area contributed by atoms with Crippen LogP contribution in [-0.2, 0) is 23.8 Å². The van der Waals surface area contributed by atoms with Crippen molar-refractivity contribution in [2.45, 2.75) is 51.9 Å². The second-order valence-electron chi connectivity index (χ2n) is 3.72. The van der Waals surface area contributed by atoms with Gasteiger partial charge in [0, 0.05) is 20.3 Å². The van der Waals surface area contributed by atoms with E-state index >= 15 is 0 Å². The van der Waals surface area contributed by atoms with Crippen molar-refractivity contribution < 1.29 is 28.2 Å². The Balaban J connectivity index is 2.55. The highest BCUT2D eigenvalue weighted by molar-refractivity contribution is 5.66. The highest BCUT2D eigenvalue weighted by atomic mass is 19.1. The first-order valence-corrected chi connectivity index (χ1v) is 5.04. The number of alkyl halides is 1. The summed E-state index contributed by atoms with van der Waals surface area (Å²) in [6.45, 7) is 4.06. The monoisotopic (exact) mass is 234 g/mol. The standard InChI is InChI=1S/C10H15FO5/c1-5-9(15-6(2)12)4-8(11)10(14-5)16-7(3)13/h5,8-10H,4H2,1-3H3/t5-,8?,9-,10?/m0/s1. The van der Waals surface area contributed by atoms with Crippen molar-refractivity contribution in [3.63, 3.8) is 0 Å². The molecule has 0 saturated carbocycles. The first-order chi connectivity index (χ1) is 7.40. The molecule has 0 aromatic carbocycles. The number of hydrogen-bond donors (Lipinski definition) is 0. The maximum Gasteiger partial charge on any atom is 0.305 e. The lowest BCUT2D eigenvalue weighted by Gasteiger charge is -2.35. The highest BCUT2D eigenvalue weighted by Gasteiger charge is 2.39. The number of hydrogen-bond acceptors (Lipinski definition) is 5. The normalized spacial score (nSPS) is 34.2. The first kappa shape index (κ1) is 12.9.